The molecule has 152 valence electrons. The molecule has 0 saturated heterocycles. The predicted molar refractivity (Wildman–Crippen MR) is 99.4 cm³/mol. The zero-order valence-electron chi connectivity index (χ0n) is 14.6. The van der Waals surface area contributed by atoms with Crippen molar-refractivity contribution in [3.63, 3.8) is 0 Å². The van der Waals surface area contributed by atoms with Gasteiger partial charge in [-0.25, -0.2) is 13.1 Å². The van der Waals surface area contributed by atoms with E-state index in [0.717, 1.165) is 6.07 Å². The molecule has 2 aromatic carbocycles. The molecule has 0 radical (unpaired) electrons. The summed E-state index contributed by atoms with van der Waals surface area (Å²) in [4.78, 5) is 11.7. The first kappa shape index (κ1) is 22.2. The summed E-state index contributed by atoms with van der Waals surface area (Å²) in [5.41, 5.74) is -0.661. The Kier molecular flexibility index (Phi) is 7.45. The number of sulfonamides is 1. The number of alkyl halides is 3. The lowest BCUT2D eigenvalue weighted by atomic mass is 10.0. The molecule has 5 nitrogen and oxygen atoms in total. The van der Waals surface area contributed by atoms with Crippen molar-refractivity contribution in [2.45, 2.75) is 23.9 Å². The number of rotatable bonds is 8. The Morgan fingerprint density at radius 3 is 2.32 bits per heavy atom. The maximum Gasteiger partial charge on any atom is 0.416 e. The van der Waals surface area contributed by atoms with E-state index in [1.807, 2.05) is 0 Å². The third kappa shape index (κ3) is 6.22. The summed E-state index contributed by atoms with van der Waals surface area (Å²) >= 11 is 5.84. The van der Waals surface area contributed by atoms with Crippen molar-refractivity contribution in [1.29, 1.82) is 0 Å². The van der Waals surface area contributed by atoms with Crippen LogP contribution in [-0.2, 0) is 27.4 Å². The normalized spacial score (nSPS) is 12.0. The molecule has 0 aliphatic carbocycles. The quantitative estimate of drug-likeness (QED) is 0.668. The highest BCUT2D eigenvalue weighted by Gasteiger charge is 2.32. The van der Waals surface area contributed by atoms with Crippen molar-refractivity contribution in [2.24, 2.45) is 0 Å². The number of hydrogen-bond acceptors (Lipinski definition) is 3. The fourth-order valence-electron chi connectivity index (χ4n) is 2.48. The maximum absolute atomic E-state index is 12.9. The lowest BCUT2D eigenvalue weighted by molar-refractivity contribution is -0.138. The molecule has 0 aromatic heterocycles. The van der Waals surface area contributed by atoms with Crippen molar-refractivity contribution in [3.8, 4) is 0 Å². The minimum Gasteiger partial charge on any atom is -0.356 e. The maximum atomic E-state index is 12.9. The van der Waals surface area contributed by atoms with Gasteiger partial charge in [-0.05, 0) is 30.2 Å². The lowest BCUT2D eigenvalue weighted by Gasteiger charge is -2.13. The highest BCUT2D eigenvalue weighted by Crippen LogP contribution is 2.31. The van der Waals surface area contributed by atoms with E-state index in [4.69, 9.17) is 11.6 Å². The van der Waals surface area contributed by atoms with Crippen molar-refractivity contribution < 1.29 is 26.4 Å². The van der Waals surface area contributed by atoms with Gasteiger partial charge in [0.1, 0.15) is 4.90 Å². The molecule has 0 heterocycles. The minimum atomic E-state index is -4.46. The summed E-state index contributed by atoms with van der Waals surface area (Å²) in [6.07, 6.45) is -4.62. The molecule has 10 heteroatoms. The van der Waals surface area contributed by atoms with Gasteiger partial charge in [0.2, 0.25) is 15.9 Å². The Labute approximate surface area is 166 Å². The first-order valence-electron chi connectivity index (χ1n) is 8.27. The Morgan fingerprint density at radius 1 is 1.00 bits per heavy atom. The Hall–Kier alpha value is -2.10. The number of carbonyl (C=O) groups excluding carboxylic acids is 1. The van der Waals surface area contributed by atoms with E-state index in [1.54, 1.807) is 6.07 Å². The Balaban J connectivity index is 1.81. The molecule has 0 spiro atoms. The van der Waals surface area contributed by atoms with Crippen LogP contribution in [0.1, 0.15) is 17.5 Å². The average Bonchev–Trinajstić information content (AvgIpc) is 2.61. The van der Waals surface area contributed by atoms with Crippen LogP contribution in [0.25, 0.3) is 0 Å². The van der Waals surface area contributed by atoms with Gasteiger partial charge in [-0.2, -0.15) is 13.2 Å². The summed E-state index contributed by atoms with van der Waals surface area (Å²) in [6, 6.07) is 11.0. The van der Waals surface area contributed by atoms with Crippen LogP contribution in [0, 0.1) is 0 Å². The summed E-state index contributed by atoms with van der Waals surface area (Å²) in [6.45, 7) is -0.165. The van der Waals surface area contributed by atoms with Gasteiger partial charge in [0, 0.05) is 19.5 Å². The number of nitrogens with one attached hydrogen (secondary N) is 2. The van der Waals surface area contributed by atoms with Gasteiger partial charge in [0.15, 0.2) is 0 Å². The largest absolute Gasteiger partial charge is 0.416 e. The second-order valence-corrected chi connectivity index (χ2v) is 7.98. The van der Waals surface area contributed by atoms with Crippen molar-refractivity contribution in [1.82, 2.24) is 10.0 Å². The highest BCUT2D eigenvalue weighted by atomic mass is 35.5. The van der Waals surface area contributed by atoms with Crippen molar-refractivity contribution >= 4 is 27.5 Å². The molecule has 28 heavy (non-hydrogen) atoms. The van der Waals surface area contributed by atoms with E-state index >= 15 is 0 Å². The Bertz CT molecular complexity index is 934. The van der Waals surface area contributed by atoms with Gasteiger partial charge >= 0.3 is 6.18 Å². The first-order chi connectivity index (χ1) is 13.1. The third-order valence-corrected chi connectivity index (χ3v) is 5.77. The van der Waals surface area contributed by atoms with Crippen molar-refractivity contribution in [2.75, 3.05) is 13.1 Å². The van der Waals surface area contributed by atoms with Crippen LogP contribution >= 0.6 is 11.6 Å². The SMILES string of the molecule is O=C(CCNS(=O)(=O)c1ccccc1Cl)NCCc1ccccc1C(F)(F)F. The standard InChI is InChI=1S/C18H18ClF3N2O3S/c19-15-7-3-4-8-16(15)28(26,27)24-12-10-17(25)23-11-9-13-5-1-2-6-14(13)18(20,21)22/h1-8,24H,9-12H2,(H,23,25). The van der Waals surface area contributed by atoms with Crippen LogP contribution in [0.15, 0.2) is 53.4 Å². The molecule has 2 aromatic rings. The molecule has 0 aliphatic rings. The van der Waals surface area contributed by atoms with Crippen LogP contribution in [0.5, 0.6) is 0 Å². The van der Waals surface area contributed by atoms with Crippen molar-refractivity contribution in [3.05, 3.63) is 64.7 Å². The van der Waals surface area contributed by atoms with Gasteiger partial charge in [0.25, 0.3) is 0 Å². The molecule has 2 N–H and O–H groups in total. The van der Waals surface area contributed by atoms with Gasteiger partial charge in [0.05, 0.1) is 10.6 Å². The fraction of sp³-hybridized carbons (Fsp3) is 0.278. The number of halogens is 4. The molecule has 2 rings (SSSR count). The summed E-state index contributed by atoms with van der Waals surface area (Å²) < 4.78 is 65.3. The second-order valence-electron chi connectivity index (χ2n) is 5.83. The molecule has 0 saturated carbocycles. The van der Waals surface area contributed by atoms with Gasteiger partial charge < -0.3 is 5.32 Å². The third-order valence-electron chi connectivity index (χ3n) is 3.81. The molecule has 1 amide bonds. The Morgan fingerprint density at radius 2 is 1.64 bits per heavy atom. The number of carbonyl (C=O) groups is 1. The molecular formula is C18H18ClF3N2O3S. The van der Waals surface area contributed by atoms with Gasteiger partial charge in [-0.1, -0.05) is 41.9 Å². The zero-order valence-corrected chi connectivity index (χ0v) is 16.2. The number of amides is 1. The zero-order chi connectivity index (χ0) is 20.8. The van der Waals surface area contributed by atoms with Crippen LogP contribution in [0.3, 0.4) is 0 Å². The van der Waals surface area contributed by atoms with Gasteiger partial charge in [-0.15, -0.1) is 0 Å². The monoisotopic (exact) mass is 434 g/mol. The molecular weight excluding hydrogens is 417 g/mol. The first-order valence-corrected chi connectivity index (χ1v) is 10.1. The average molecular weight is 435 g/mol. The van der Waals surface area contributed by atoms with Gasteiger partial charge in [-0.3, -0.25) is 4.79 Å². The summed E-state index contributed by atoms with van der Waals surface area (Å²) in [5, 5.41) is 2.54. The molecule has 0 aliphatic heterocycles. The van der Waals surface area contributed by atoms with Crippen LogP contribution in [-0.4, -0.2) is 27.4 Å². The molecule has 0 atom stereocenters. The lowest BCUT2D eigenvalue weighted by Crippen LogP contribution is -2.32. The van der Waals surface area contributed by atoms with E-state index in [1.165, 1.54) is 36.4 Å². The topological polar surface area (TPSA) is 75.3 Å². The molecule has 0 fully saturated rings. The molecule has 0 unspecified atom stereocenters. The fourth-order valence-corrected chi connectivity index (χ4v) is 4.03. The van der Waals surface area contributed by atoms with E-state index in [-0.39, 0.29) is 41.4 Å². The van der Waals surface area contributed by atoms with Crippen LogP contribution in [0.2, 0.25) is 5.02 Å². The van der Waals surface area contributed by atoms with E-state index in [2.05, 4.69) is 10.0 Å². The summed E-state index contributed by atoms with van der Waals surface area (Å²) in [7, 11) is -3.86. The van der Waals surface area contributed by atoms with E-state index in [9.17, 15) is 26.4 Å². The van der Waals surface area contributed by atoms with E-state index < -0.39 is 27.7 Å². The molecule has 0 bridgehead atoms. The van der Waals surface area contributed by atoms with E-state index in [0.29, 0.717) is 0 Å². The van der Waals surface area contributed by atoms with Crippen LogP contribution in [0.4, 0.5) is 13.2 Å². The predicted octanol–water partition coefficient (Wildman–Crippen LogP) is 3.39. The highest BCUT2D eigenvalue weighted by molar-refractivity contribution is 7.89. The number of benzene rings is 2. The van der Waals surface area contributed by atoms with Crippen LogP contribution < -0.4 is 10.0 Å². The minimum absolute atomic E-state index is 0.00316. The second kappa shape index (κ2) is 9.40. The smallest absolute Gasteiger partial charge is 0.356 e. The number of hydrogen-bond donors (Lipinski definition) is 2. The summed E-state index contributed by atoms with van der Waals surface area (Å²) in [5.74, 6) is -0.480.